The molecular weight excluding hydrogens is 246 g/mol. The summed E-state index contributed by atoms with van der Waals surface area (Å²) in [6, 6.07) is 3.10. The fraction of sp³-hybridized carbons (Fsp3) is 0.462. The van der Waals surface area contributed by atoms with Crippen LogP contribution in [0.2, 0.25) is 0 Å². The number of rotatable bonds is 5. The summed E-state index contributed by atoms with van der Waals surface area (Å²) in [4.78, 5) is 28.0. The average Bonchev–Trinajstić information content (AvgIpc) is 3.14. The molecule has 1 saturated carbocycles. The van der Waals surface area contributed by atoms with Gasteiger partial charge >= 0.3 is 12.0 Å². The Hall–Kier alpha value is -2.11. The lowest BCUT2D eigenvalue weighted by Crippen LogP contribution is -2.32. The number of aromatic nitrogens is 1. The van der Waals surface area contributed by atoms with Gasteiger partial charge < -0.3 is 15.3 Å². The van der Waals surface area contributed by atoms with Crippen molar-refractivity contribution in [3.8, 4) is 0 Å². The van der Waals surface area contributed by atoms with Gasteiger partial charge in [-0.2, -0.15) is 0 Å². The number of nitrogens with one attached hydrogen (secondary N) is 1. The largest absolute Gasteiger partial charge is 0.481 e. The molecule has 0 spiro atoms. The number of carboxylic acids is 1. The highest BCUT2D eigenvalue weighted by Gasteiger charge is 2.24. The number of hydrogen-bond donors (Lipinski definition) is 2. The highest BCUT2D eigenvalue weighted by Crippen LogP contribution is 2.29. The minimum Gasteiger partial charge on any atom is -0.481 e. The third-order valence-corrected chi connectivity index (χ3v) is 2.98. The number of carboxylic acid groups (broad SMARTS) is 1. The lowest BCUT2D eigenvalue weighted by molar-refractivity contribution is -0.136. The van der Waals surface area contributed by atoms with E-state index in [4.69, 9.17) is 5.11 Å². The second-order valence-corrected chi connectivity index (χ2v) is 4.86. The van der Waals surface area contributed by atoms with E-state index in [1.54, 1.807) is 24.1 Å². The number of carbonyl (C=O) groups is 2. The van der Waals surface area contributed by atoms with Crippen LogP contribution in [0.1, 0.15) is 18.5 Å². The highest BCUT2D eigenvalue weighted by atomic mass is 16.4. The molecule has 6 nitrogen and oxygen atoms in total. The van der Waals surface area contributed by atoms with Gasteiger partial charge in [0.15, 0.2) is 0 Å². The predicted octanol–water partition coefficient (Wildman–Crippen LogP) is 1.58. The van der Waals surface area contributed by atoms with E-state index in [9.17, 15) is 9.59 Å². The van der Waals surface area contributed by atoms with Crippen LogP contribution in [-0.2, 0) is 11.2 Å². The molecule has 1 aliphatic carbocycles. The van der Waals surface area contributed by atoms with E-state index >= 15 is 0 Å². The lowest BCUT2D eigenvalue weighted by Gasteiger charge is -2.17. The Bertz CT molecular complexity index is 469. The molecule has 0 saturated heterocycles. The van der Waals surface area contributed by atoms with E-state index < -0.39 is 5.97 Å². The Morgan fingerprint density at radius 3 is 2.74 bits per heavy atom. The van der Waals surface area contributed by atoms with Crippen LogP contribution in [0.15, 0.2) is 18.3 Å². The Labute approximate surface area is 111 Å². The maximum Gasteiger partial charge on any atom is 0.321 e. The van der Waals surface area contributed by atoms with Crippen molar-refractivity contribution < 1.29 is 14.7 Å². The molecule has 0 bridgehead atoms. The number of aliphatic carboxylic acids is 1. The fourth-order valence-corrected chi connectivity index (χ4v) is 1.75. The monoisotopic (exact) mass is 263 g/mol. The van der Waals surface area contributed by atoms with E-state index in [-0.39, 0.29) is 12.5 Å². The number of anilines is 1. The quantitative estimate of drug-likeness (QED) is 0.845. The van der Waals surface area contributed by atoms with Crippen LogP contribution in [0.25, 0.3) is 0 Å². The first-order valence-electron chi connectivity index (χ1n) is 6.23. The molecule has 0 aromatic carbocycles. The van der Waals surface area contributed by atoms with Crippen LogP contribution in [0, 0.1) is 5.92 Å². The van der Waals surface area contributed by atoms with E-state index in [1.165, 1.54) is 19.0 Å². The number of carbonyl (C=O) groups excluding carboxylic acids is 1. The second-order valence-electron chi connectivity index (χ2n) is 4.86. The molecule has 1 fully saturated rings. The van der Waals surface area contributed by atoms with Crippen LogP contribution in [0.3, 0.4) is 0 Å². The Morgan fingerprint density at radius 1 is 1.47 bits per heavy atom. The first-order valence-corrected chi connectivity index (χ1v) is 6.23. The van der Waals surface area contributed by atoms with Gasteiger partial charge in [-0.25, -0.2) is 4.79 Å². The lowest BCUT2D eigenvalue weighted by atomic mass is 10.2. The van der Waals surface area contributed by atoms with Gasteiger partial charge in [0, 0.05) is 13.6 Å². The summed E-state index contributed by atoms with van der Waals surface area (Å²) in [6.07, 6.45) is 3.75. The van der Waals surface area contributed by atoms with Crippen LogP contribution < -0.4 is 5.32 Å². The van der Waals surface area contributed by atoms with Gasteiger partial charge in [0.2, 0.25) is 0 Å². The third kappa shape index (κ3) is 4.24. The van der Waals surface area contributed by atoms with Crippen LogP contribution in [0.4, 0.5) is 10.5 Å². The Balaban J connectivity index is 1.87. The number of amides is 2. The summed E-state index contributed by atoms with van der Waals surface area (Å²) in [5.41, 5.74) is 1.04. The molecule has 0 radical (unpaired) electrons. The molecule has 1 aromatic rings. The minimum absolute atomic E-state index is 0.115. The van der Waals surface area contributed by atoms with Gasteiger partial charge in [-0.15, -0.1) is 0 Å². The average molecular weight is 263 g/mol. The number of hydrogen-bond acceptors (Lipinski definition) is 3. The maximum atomic E-state index is 11.8. The van der Waals surface area contributed by atoms with Crippen molar-refractivity contribution in [2.45, 2.75) is 19.3 Å². The van der Waals surface area contributed by atoms with E-state index in [0.717, 1.165) is 6.54 Å². The smallest absolute Gasteiger partial charge is 0.321 e. The highest BCUT2D eigenvalue weighted by molar-refractivity contribution is 5.88. The first-order chi connectivity index (χ1) is 9.04. The van der Waals surface area contributed by atoms with Gasteiger partial charge in [-0.05, 0) is 30.9 Å². The number of pyridine rings is 1. The molecule has 2 amide bonds. The third-order valence-electron chi connectivity index (χ3n) is 2.98. The second kappa shape index (κ2) is 5.69. The standard InChI is InChI=1S/C13H17N3O3/c1-16(8-9-2-3-9)13(19)15-11-5-4-10(14-7-11)6-12(17)18/h4-5,7,9H,2-3,6,8H2,1H3,(H,15,19)(H,17,18). The molecule has 1 aromatic heterocycles. The topological polar surface area (TPSA) is 82.5 Å². The van der Waals surface area contributed by atoms with Crippen molar-refractivity contribution in [1.29, 1.82) is 0 Å². The van der Waals surface area contributed by atoms with Crippen molar-refractivity contribution in [1.82, 2.24) is 9.88 Å². The number of nitrogens with zero attached hydrogens (tertiary/aromatic N) is 2. The van der Waals surface area contributed by atoms with Gasteiger partial charge in [0.25, 0.3) is 0 Å². The van der Waals surface area contributed by atoms with Crippen LogP contribution in [0.5, 0.6) is 0 Å². The molecule has 1 aliphatic rings. The van der Waals surface area contributed by atoms with Crippen LogP contribution >= 0.6 is 0 Å². The molecule has 0 atom stereocenters. The number of urea groups is 1. The summed E-state index contributed by atoms with van der Waals surface area (Å²) < 4.78 is 0. The van der Waals surface area contributed by atoms with E-state index in [2.05, 4.69) is 10.3 Å². The van der Waals surface area contributed by atoms with Crippen molar-refractivity contribution in [3.05, 3.63) is 24.0 Å². The summed E-state index contributed by atoms with van der Waals surface area (Å²) in [5.74, 6) is -0.278. The summed E-state index contributed by atoms with van der Waals surface area (Å²) in [7, 11) is 1.76. The molecule has 2 N–H and O–H groups in total. The molecule has 19 heavy (non-hydrogen) atoms. The van der Waals surface area contributed by atoms with Gasteiger partial charge in [0.05, 0.1) is 24.0 Å². The maximum absolute atomic E-state index is 11.8. The predicted molar refractivity (Wildman–Crippen MR) is 69.9 cm³/mol. The molecule has 2 rings (SSSR count). The molecule has 1 heterocycles. The Kier molecular flexibility index (Phi) is 3.99. The minimum atomic E-state index is -0.923. The zero-order valence-electron chi connectivity index (χ0n) is 10.8. The van der Waals surface area contributed by atoms with Crippen molar-refractivity contribution in [2.24, 2.45) is 5.92 Å². The molecular formula is C13H17N3O3. The van der Waals surface area contributed by atoms with E-state index in [0.29, 0.717) is 17.3 Å². The van der Waals surface area contributed by atoms with Crippen molar-refractivity contribution in [3.63, 3.8) is 0 Å². The van der Waals surface area contributed by atoms with E-state index in [1.807, 2.05) is 0 Å². The van der Waals surface area contributed by atoms with Crippen molar-refractivity contribution in [2.75, 3.05) is 18.9 Å². The zero-order valence-corrected chi connectivity index (χ0v) is 10.8. The fourth-order valence-electron chi connectivity index (χ4n) is 1.75. The van der Waals surface area contributed by atoms with Gasteiger partial charge in [0.1, 0.15) is 0 Å². The summed E-state index contributed by atoms with van der Waals surface area (Å²) in [6.45, 7) is 0.774. The SMILES string of the molecule is CN(CC1CC1)C(=O)Nc1ccc(CC(=O)O)nc1. The van der Waals surface area contributed by atoms with Gasteiger partial charge in [-0.1, -0.05) is 0 Å². The Morgan fingerprint density at radius 2 is 2.21 bits per heavy atom. The summed E-state index contributed by atoms with van der Waals surface area (Å²) >= 11 is 0. The van der Waals surface area contributed by atoms with Crippen molar-refractivity contribution >= 4 is 17.7 Å². The van der Waals surface area contributed by atoms with Gasteiger partial charge in [-0.3, -0.25) is 9.78 Å². The molecule has 0 unspecified atom stereocenters. The zero-order chi connectivity index (χ0) is 13.8. The first kappa shape index (κ1) is 13.3. The molecule has 0 aliphatic heterocycles. The summed E-state index contributed by atoms with van der Waals surface area (Å²) in [5, 5.41) is 11.4. The van der Waals surface area contributed by atoms with Crippen LogP contribution in [-0.4, -0.2) is 40.6 Å². The molecule has 6 heteroatoms. The normalized spacial score (nSPS) is 13.9. The molecule has 102 valence electrons.